The van der Waals surface area contributed by atoms with Crippen molar-refractivity contribution in [1.29, 1.82) is 0 Å². The molecule has 1 heterocycles. The second-order valence-corrected chi connectivity index (χ2v) is 1.23. The Bertz CT molecular complexity index is 21.5. The molecule has 1 fully saturated rings. The van der Waals surface area contributed by atoms with E-state index in [1.165, 1.54) is 0 Å². The first-order valence-corrected chi connectivity index (χ1v) is 2.09. The van der Waals surface area contributed by atoms with Gasteiger partial charge in [-0.05, 0) is 6.42 Å². The van der Waals surface area contributed by atoms with Gasteiger partial charge in [0.1, 0.15) is 0 Å². The third-order valence-electron chi connectivity index (χ3n) is 0.688. The maximum Gasteiger partial charge on any atom is 0.0349 e. The molecule has 0 unspecified atom stereocenters. The average molecular weight is 85.1 g/mol. The van der Waals surface area contributed by atoms with E-state index in [0.29, 0.717) is 0 Å². The zero-order chi connectivity index (χ0) is 4.24. The summed E-state index contributed by atoms with van der Waals surface area (Å²) in [5, 5.41) is 0. The fourth-order valence-electron chi connectivity index (χ4n) is 0.379. The Morgan fingerprint density at radius 2 is 2.50 bits per heavy atom. The largest absolute Gasteiger partial charge is 0.223 e. The van der Waals surface area contributed by atoms with Crippen LogP contribution in [-0.4, -0.2) is 13.1 Å². The molecule has 0 aromatic rings. The quantitative estimate of drug-likeness (QED) is 0.403. The van der Waals surface area contributed by atoms with E-state index in [1.54, 1.807) is 0 Å². The van der Waals surface area contributed by atoms with Crippen molar-refractivity contribution in [2.24, 2.45) is 0 Å². The normalized spacial score (nSPS) is 24.0. The van der Waals surface area contributed by atoms with E-state index >= 15 is 0 Å². The van der Waals surface area contributed by atoms with E-state index in [2.05, 4.69) is 16.4 Å². The van der Waals surface area contributed by atoms with Gasteiger partial charge in [0.2, 0.25) is 0 Å². The number of rotatable bonds is 0. The molecule has 0 spiro atoms. The summed E-state index contributed by atoms with van der Waals surface area (Å²) in [7, 11) is 0. The van der Waals surface area contributed by atoms with Gasteiger partial charge in [0.05, 0.1) is 0 Å². The summed E-state index contributed by atoms with van der Waals surface area (Å²) in [6.07, 6.45) is 1.13. The molecule has 0 aromatic carbocycles. The van der Waals surface area contributed by atoms with Gasteiger partial charge in [0.25, 0.3) is 0 Å². The summed E-state index contributed by atoms with van der Waals surface area (Å²) in [6.45, 7) is 1.89. The van der Waals surface area contributed by atoms with Crippen LogP contribution in [0.4, 0.5) is 0 Å². The minimum Gasteiger partial charge on any atom is -0.223 e. The highest BCUT2D eigenvalue weighted by Crippen LogP contribution is 1.75. The monoisotopic (exact) mass is 85.1 g/mol. The highest BCUT2D eigenvalue weighted by molar-refractivity contribution is 4.47. The fourth-order valence-corrected chi connectivity index (χ4v) is 0.379. The summed E-state index contributed by atoms with van der Waals surface area (Å²) in [6, 6.07) is 0. The standard InChI is InChI=1S/C3H7N3/c1-2-4-6-5-3-1/h4H,1-3H2. The molecule has 0 aliphatic carbocycles. The highest BCUT2D eigenvalue weighted by atomic mass is 15.6. The van der Waals surface area contributed by atoms with Crippen LogP contribution >= 0.6 is 0 Å². The summed E-state index contributed by atoms with van der Waals surface area (Å²) < 4.78 is 0. The SMILES string of the molecule is C1C[N][N]NC1. The number of nitrogens with zero attached hydrogens (tertiary/aromatic N) is 2. The van der Waals surface area contributed by atoms with E-state index < -0.39 is 0 Å². The Kier molecular flexibility index (Phi) is 1.43. The van der Waals surface area contributed by atoms with Crippen molar-refractivity contribution in [2.75, 3.05) is 13.1 Å². The van der Waals surface area contributed by atoms with Gasteiger partial charge in [0, 0.05) is 13.1 Å². The molecule has 34 valence electrons. The Morgan fingerprint density at radius 1 is 1.50 bits per heavy atom. The fraction of sp³-hybridized carbons (Fsp3) is 1.00. The van der Waals surface area contributed by atoms with E-state index in [-0.39, 0.29) is 0 Å². The molecule has 3 heteroatoms. The Hall–Kier alpha value is -0.120. The summed E-state index contributed by atoms with van der Waals surface area (Å²) >= 11 is 0. The van der Waals surface area contributed by atoms with Crippen LogP contribution in [0.25, 0.3) is 0 Å². The van der Waals surface area contributed by atoms with Crippen molar-refractivity contribution < 1.29 is 0 Å². The maximum atomic E-state index is 3.69. The van der Waals surface area contributed by atoms with Gasteiger partial charge < -0.3 is 0 Å². The number of nitrogens with one attached hydrogen (secondary N) is 1. The zero-order valence-corrected chi connectivity index (χ0v) is 3.52. The van der Waals surface area contributed by atoms with Crippen LogP contribution in [0.15, 0.2) is 0 Å². The van der Waals surface area contributed by atoms with E-state index in [0.717, 1.165) is 19.5 Å². The minimum atomic E-state index is 0.896. The second-order valence-electron chi connectivity index (χ2n) is 1.23. The molecular formula is C3H7N3. The molecular weight excluding hydrogens is 78.1 g/mol. The van der Waals surface area contributed by atoms with Crippen LogP contribution in [-0.2, 0) is 0 Å². The molecule has 6 heavy (non-hydrogen) atoms. The lowest BCUT2D eigenvalue weighted by Gasteiger charge is -2.07. The molecule has 0 saturated carbocycles. The second kappa shape index (κ2) is 2.12. The molecule has 0 atom stereocenters. The van der Waals surface area contributed by atoms with E-state index in [1.807, 2.05) is 0 Å². The molecule has 3 nitrogen and oxygen atoms in total. The van der Waals surface area contributed by atoms with Crippen LogP contribution < -0.4 is 16.4 Å². The number of hydrogen-bond acceptors (Lipinski definition) is 1. The third kappa shape index (κ3) is 0.931. The number of hydrogen-bond donors (Lipinski definition) is 1. The topological polar surface area (TPSA) is 40.2 Å². The first-order chi connectivity index (χ1) is 3.00. The molecule has 1 saturated heterocycles. The van der Waals surface area contributed by atoms with Crippen LogP contribution in [0.5, 0.6) is 0 Å². The molecule has 0 aromatic heterocycles. The molecule has 0 bridgehead atoms. The molecule has 2 radical (unpaired) electrons. The lowest BCUT2D eigenvalue weighted by molar-refractivity contribution is 0.353. The first kappa shape index (κ1) is 4.05. The van der Waals surface area contributed by atoms with Crippen molar-refractivity contribution in [3.63, 3.8) is 0 Å². The van der Waals surface area contributed by atoms with Crippen LogP contribution in [0.3, 0.4) is 0 Å². The van der Waals surface area contributed by atoms with E-state index in [9.17, 15) is 0 Å². The smallest absolute Gasteiger partial charge is 0.0349 e. The van der Waals surface area contributed by atoms with Gasteiger partial charge in [-0.1, -0.05) is 5.53 Å². The molecule has 1 rings (SSSR count). The van der Waals surface area contributed by atoms with Crippen molar-refractivity contribution in [2.45, 2.75) is 6.42 Å². The lowest BCUT2D eigenvalue weighted by Crippen LogP contribution is -2.38. The minimum absolute atomic E-state index is 0.896. The van der Waals surface area contributed by atoms with E-state index in [4.69, 9.17) is 0 Å². The molecule has 0 amide bonds. The summed E-state index contributed by atoms with van der Waals surface area (Å²) in [5.74, 6) is 0. The highest BCUT2D eigenvalue weighted by Gasteiger charge is 1.94. The van der Waals surface area contributed by atoms with Crippen molar-refractivity contribution >= 4 is 0 Å². The van der Waals surface area contributed by atoms with Crippen molar-refractivity contribution in [3.8, 4) is 0 Å². The first-order valence-electron chi connectivity index (χ1n) is 2.09. The Labute approximate surface area is 37.1 Å². The molecule has 1 aliphatic rings. The third-order valence-corrected chi connectivity index (χ3v) is 0.688. The summed E-state index contributed by atoms with van der Waals surface area (Å²) in [4.78, 5) is 0. The predicted molar refractivity (Wildman–Crippen MR) is 21.8 cm³/mol. The Morgan fingerprint density at radius 3 is 2.67 bits per heavy atom. The molecule has 1 aliphatic heterocycles. The zero-order valence-electron chi connectivity index (χ0n) is 3.52. The van der Waals surface area contributed by atoms with Crippen molar-refractivity contribution in [1.82, 2.24) is 16.4 Å². The van der Waals surface area contributed by atoms with Crippen molar-refractivity contribution in [3.05, 3.63) is 0 Å². The predicted octanol–water partition coefficient (Wildman–Crippen LogP) is -0.982. The average Bonchev–Trinajstić information content (AvgIpc) is 1.72. The maximum absolute atomic E-state index is 3.69. The Balaban J connectivity index is 2.00. The van der Waals surface area contributed by atoms with Gasteiger partial charge in [0.15, 0.2) is 0 Å². The van der Waals surface area contributed by atoms with Gasteiger partial charge in [-0.3, -0.25) is 0 Å². The van der Waals surface area contributed by atoms with Crippen LogP contribution in [0.2, 0.25) is 0 Å². The van der Waals surface area contributed by atoms with Crippen LogP contribution in [0, 0.1) is 0 Å². The van der Waals surface area contributed by atoms with Crippen LogP contribution in [0.1, 0.15) is 6.42 Å². The molecule has 1 N–H and O–H groups in total. The van der Waals surface area contributed by atoms with Gasteiger partial charge in [-0.25, -0.2) is 5.43 Å². The lowest BCUT2D eigenvalue weighted by atomic mass is 10.4. The van der Waals surface area contributed by atoms with Gasteiger partial charge in [-0.2, -0.15) is 0 Å². The van der Waals surface area contributed by atoms with Gasteiger partial charge >= 0.3 is 0 Å². The van der Waals surface area contributed by atoms with Gasteiger partial charge in [-0.15, -0.1) is 5.43 Å². The summed E-state index contributed by atoms with van der Waals surface area (Å²) in [5.41, 5.74) is 9.99.